The molecular weight excluding hydrogens is 204 g/mol. The SMILES string of the molecule is N#Cc1cc(Cn2cnc(CN)n2)ccn1. The van der Waals surface area contributed by atoms with Crippen LogP contribution in [0, 0.1) is 11.3 Å². The third-order valence-electron chi connectivity index (χ3n) is 2.05. The maximum atomic E-state index is 8.71. The molecule has 16 heavy (non-hydrogen) atoms. The minimum Gasteiger partial charge on any atom is -0.324 e. The third-order valence-corrected chi connectivity index (χ3v) is 2.05. The zero-order valence-corrected chi connectivity index (χ0v) is 8.54. The van der Waals surface area contributed by atoms with E-state index in [1.54, 1.807) is 23.3 Å². The van der Waals surface area contributed by atoms with Crippen LogP contribution < -0.4 is 5.73 Å². The normalized spacial score (nSPS) is 10.0. The van der Waals surface area contributed by atoms with Gasteiger partial charge in [0.05, 0.1) is 13.1 Å². The molecule has 0 saturated heterocycles. The highest BCUT2D eigenvalue weighted by Crippen LogP contribution is 2.03. The molecule has 0 spiro atoms. The molecule has 80 valence electrons. The van der Waals surface area contributed by atoms with Crippen molar-refractivity contribution in [1.29, 1.82) is 5.26 Å². The number of hydrogen-bond acceptors (Lipinski definition) is 5. The highest BCUT2D eigenvalue weighted by atomic mass is 15.3. The molecule has 2 heterocycles. The molecule has 6 nitrogen and oxygen atoms in total. The lowest BCUT2D eigenvalue weighted by Crippen LogP contribution is -2.04. The summed E-state index contributed by atoms with van der Waals surface area (Å²) in [6.07, 6.45) is 3.23. The molecule has 0 unspecified atom stereocenters. The van der Waals surface area contributed by atoms with Gasteiger partial charge in [-0.1, -0.05) is 0 Å². The van der Waals surface area contributed by atoms with Crippen LogP contribution >= 0.6 is 0 Å². The van der Waals surface area contributed by atoms with E-state index in [0.29, 0.717) is 24.6 Å². The van der Waals surface area contributed by atoms with Gasteiger partial charge in [0, 0.05) is 6.20 Å². The summed E-state index contributed by atoms with van der Waals surface area (Å²) in [6.45, 7) is 0.886. The largest absolute Gasteiger partial charge is 0.324 e. The molecule has 0 amide bonds. The summed E-state index contributed by atoms with van der Waals surface area (Å²) in [5.41, 5.74) is 6.77. The number of rotatable bonds is 3. The summed E-state index contributed by atoms with van der Waals surface area (Å²) in [6, 6.07) is 5.56. The quantitative estimate of drug-likeness (QED) is 0.779. The zero-order chi connectivity index (χ0) is 11.4. The van der Waals surface area contributed by atoms with Crippen molar-refractivity contribution < 1.29 is 0 Å². The van der Waals surface area contributed by atoms with Crippen LogP contribution in [0.4, 0.5) is 0 Å². The molecule has 0 saturated carbocycles. The molecule has 0 bridgehead atoms. The minimum atomic E-state index is 0.326. The molecule has 2 aromatic heterocycles. The summed E-state index contributed by atoms with van der Waals surface area (Å²) in [4.78, 5) is 7.91. The van der Waals surface area contributed by atoms with Crippen molar-refractivity contribution >= 4 is 0 Å². The Kier molecular flexibility index (Phi) is 2.89. The molecule has 6 heteroatoms. The molecule has 0 aromatic carbocycles. The molecule has 0 aliphatic rings. The van der Waals surface area contributed by atoms with Crippen molar-refractivity contribution in [1.82, 2.24) is 19.7 Å². The standard InChI is InChI=1S/C10H10N6/c11-4-9-3-8(1-2-13-9)6-16-7-14-10(5-12)15-16/h1-3,7H,5-6,12H2. The van der Waals surface area contributed by atoms with Crippen LogP contribution in [-0.4, -0.2) is 19.7 Å². The maximum absolute atomic E-state index is 8.71. The summed E-state index contributed by atoms with van der Waals surface area (Å²) in [7, 11) is 0. The second-order valence-electron chi connectivity index (χ2n) is 3.22. The van der Waals surface area contributed by atoms with Gasteiger partial charge in [0.25, 0.3) is 0 Å². The summed E-state index contributed by atoms with van der Waals surface area (Å²) >= 11 is 0. The fourth-order valence-corrected chi connectivity index (χ4v) is 1.32. The summed E-state index contributed by atoms with van der Waals surface area (Å²) < 4.78 is 1.68. The zero-order valence-electron chi connectivity index (χ0n) is 8.54. The highest BCUT2D eigenvalue weighted by molar-refractivity contribution is 5.25. The van der Waals surface area contributed by atoms with E-state index in [0.717, 1.165) is 5.56 Å². The molecule has 2 N–H and O–H groups in total. The van der Waals surface area contributed by atoms with Gasteiger partial charge in [-0.3, -0.25) is 0 Å². The number of pyridine rings is 1. The van der Waals surface area contributed by atoms with E-state index in [1.165, 1.54) is 0 Å². The molecule has 0 aliphatic carbocycles. The Morgan fingerprint density at radius 2 is 2.31 bits per heavy atom. The minimum absolute atomic E-state index is 0.326. The van der Waals surface area contributed by atoms with Crippen LogP contribution in [-0.2, 0) is 13.1 Å². The Bertz CT molecular complexity index is 524. The number of aromatic nitrogens is 4. The van der Waals surface area contributed by atoms with Gasteiger partial charge in [0.2, 0.25) is 0 Å². The van der Waals surface area contributed by atoms with Crippen molar-refractivity contribution in [2.24, 2.45) is 5.73 Å². The summed E-state index contributed by atoms with van der Waals surface area (Å²) in [5, 5.41) is 12.9. The average molecular weight is 214 g/mol. The van der Waals surface area contributed by atoms with Crippen LogP contribution in [0.25, 0.3) is 0 Å². The van der Waals surface area contributed by atoms with Crippen LogP contribution in [0.3, 0.4) is 0 Å². The molecule has 0 fully saturated rings. The smallest absolute Gasteiger partial charge is 0.164 e. The van der Waals surface area contributed by atoms with E-state index >= 15 is 0 Å². The lowest BCUT2D eigenvalue weighted by molar-refractivity contribution is 0.671. The maximum Gasteiger partial charge on any atom is 0.164 e. The van der Waals surface area contributed by atoms with E-state index < -0.39 is 0 Å². The Labute approximate surface area is 92.4 Å². The molecule has 2 rings (SSSR count). The first-order valence-corrected chi connectivity index (χ1v) is 4.75. The predicted octanol–water partition coefficient (Wildman–Crippen LogP) is 0.0518. The first kappa shape index (κ1) is 10.3. The second-order valence-corrected chi connectivity index (χ2v) is 3.22. The van der Waals surface area contributed by atoms with Gasteiger partial charge >= 0.3 is 0 Å². The van der Waals surface area contributed by atoms with Crippen LogP contribution in [0.15, 0.2) is 24.7 Å². The molecule has 0 radical (unpaired) electrons. The lowest BCUT2D eigenvalue weighted by atomic mass is 10.2. The van der Waals surface area contributed by atoms with E-state index in [2.05, 4.69) is 15.1 Å². The van der Waals surface area contributed by atoms with Gasteiger partial charge in [-0.05, 0) is 17.7 Å². The monoisotopic (exact) mass is 214 g/mol. The van der Waals surface area contributed by atoms with Crippen molar-refractivity contribution in [3.8, 4) is 6.07 Å². The van der Waals surface area contributed by atoms with Crippen molar-refractivity contribution in [3.63, 3.8) is 0 Å². The molecule has 0 aliphatic heterocycles. The van der Waals surface area contributed by atoms with E-state index in [-0.39, 0.29) is 0 Å². The number of nitrogens with zero attached hydrogens (tertiary/aromatic N) is 5. The van der Waals surface area contributed by atoms with Gasteiger partial charge in [0.1, 0.15) is 18.1 Å². The lowest BCUT2D eigenvalue weighted by Gasteiger charge is -2.00. The first-order valence-electron chi connectivity index (χ1n) is 4.75. The highest BCUT2D eigenvalue weighted by Gasteiger charge is 2.01. The first-order chi connectivity index (χ1) is 7.81. The van der Waals surface area contributed by atoms with Crippen molar-refractivity contribution in [2.75, 3.05) is 0 Å². The molecule has 2 aromatic rings. The fourth-order valence-electron chi connectivity index (χ4n) is 1.32. The Morgan fingerprint density at radius 3 is 3.00 bits per heavy atom. The fraction of sp³-hybridized carbons (Fsp3) is 0.200. The van der Waals surface area contributed by atoms with E-state index in [4.69, 9.17) is 11.0 Å². The Balaban J connectivity index is 2.17. The number of nitrogens with two attached hydrogens (primary N) is 1. The van der Waals surface area contributed by atoms with Gasteiger partial charge in [-0.2, -0.15) is 10.4 Å². The predicted molar refractivity (Wildman–Crippen MR) is 56.0 cm³/mol. The number of nitriles is 1. The van der Waals surface area contributed by atoms with Crippen LogP contribution in [0.5, 0.6) is 0 Å². The van der Waals surface area contributed by atoms with Crippen molar-refractivity contribution in [2.45, 2.75) is 13.1 Å². The van der Waals surface area contributed by atoms with Gasteiger partial charge in [-0.15, -0.1) is 0 Å². The average Bonchev–Trinajstić information content (AvgIpc) is 2.77. The third kappa shape index (κ3) is 2.21. The topological polar surface area (TPSA) is 93.4 Å². The second kappa shape index (κ2) is 4.51. The van der Waals surface area contributed by atoms with Crippen molar-refractivity contribution in [3.05, 3.63) is 41.7 Å². The Morgan fingerprint density at radius 1 is 1.44 bits per heavy atom. The van der Waals surface area contributed by atoms with Gasteiger partial charge in [0.15, 0.2) is 5.82 Å². The summed E-state index contributed by atoms with van der Waals surface area (Å²) in [5.74, 6) is 0.606. The van der Waals surface area contributed by atoms with E-state index in [1.807, 2.05) is 12.1 Å². The Hall–Kier alpha value is -2.26. The van der Waals surface area contributed by atoms with Crippen LogP contribution in [0.2, 0.25) is 0 Å². The van der Waals surface area contributed by atoms with Gasteiger partial charge < -0.3 is 5.73 Å². The molecular formula is C10H10N6. The van der Waals surface area contributed by atoms with E-state index in [9.17, 15) is 0 Å². The van der Waals surface area contributed by atoms with Crippen LogP contribution in [0.1, 0.15) is 17.1 Å². The molecule has 0 atom stereocenters. The number of hydrogen-bond donors (Lipinski definition) is 1. The van der Waals surface area contributed by atoms with Gasteiger partial charge in [-0.25, -0.2) is 14.6 Å².